The van der Waals surface area contributed by atoms with Gasteiger partial charge in [0.2, 0.25) is 5.91 Å². The van der Waals surface area contributed by atoms with E-state index in [-0.39, 0.29) is 11.6 Å². The Labute approximate surface area is 231 Å². The van der Waals surface area contributed by atoms with Crippen molar-refractivity contribution in [2.75, 3.05) is 0 Å². The Morgan fingerprint density at radius 2 is 1.77 bits per heavy atom. The Morgan fingerprint density at radius 3 is 2.35 bits per heavy atom. The van der Waals surface area contributed by atoms with Crippen molar-refractivity contribution in [3.05, 3.63) is 75.2 Å². The molecular formula is C27H26ClF3N4O5. The van der Waals surface area contributed by atoms with E-state index in [1.807, 2.05) is 0 Å². The van der Waals surface area contributed by atoms with Crippen molar-refractivity contribution >= 4 is 29.3 Å². The highest BCUT2D eigenvalue weighted by Gasteiger charge is 2.36. The van der Waals surface area contributed by atoms with E-state index < -0.39 is 59.5 Å². The number of carbonyl (C=O) groups excluding carboxylic acids is 2. The first-order valence-corrected chi connectivity index (χ1v) is 12.7. The van der Waals surface area contributed by atoms with E-state index in [4.69, 9.17) is 11.6 Å². The number of aromatic nitrogens is 3. The van der Waals surface area contributed by atoms with E-state index >= 15 is 0 Å². The van der Waals surface area contributed by atoms with E-state index in [9.17, 15) is 37.5 Å². The number of hydrogen-bond donors (Lipinski definition) is 2. The molecular weight excluding hydrogens is 553 g/mol. The summed E-state index contributed by atoms with van der Waals surface area (Å²) < 4.78 is 42.6. The smallest absolute Gasteiger partial charge is 0.416 e. The summed E-state index contributed by atoms with van der Waals surface area (Å²) in [6, 6.07) is 10.5. The van der Waals surface area contributed by atoms with Gasteiger partial charge < -0.3 is 10.4 Å². The Balaban J connectivity index is 1.64. The zero-order valence-electron chi connectivity index (χ0n) is 21.5. The second kappa shape index (κ2) is 10.9. The van der Waals surface area contributed by atoms with Crippen LogP contribution in [0.15, 0.2) is 53.3 Å². The van der Waals surface area contributed by atoms with Crippen molar-refractivity contribution in [3.8, 4) is 11.4 Å². The van der Waals surface area contributed by atoms with Crippen LogP contribution in [0.25, 0.3) is 11.4 Å². The monoisotopic (exact) mass is 578 g/mol. The SMILES string of the molecule is CC(C)(NC(=O)C(CC(=O)Cn1nc(-c2ccc(Cl)cc2)n(C2CC2)c1=O)c1cccc(C(F)(F)F)c1)C(=O)O. The molecule has 2 N–H and O–H groups in total. The van der Waals surface area contributed by atoms with Crippen molar-refractivity contribution in [2.45, 2.75) is 63.3 Å². The molecule has 212 valence electrons. The number of benzene rings is 2. The molecule has 1 heterocycles. The van der Waals surface area contributed by atoms with Gasteiger partial charge in [-0.25, -0.2) is 14.3 Å². The van der Waals surface area contributed by atoms with Crippen LogP contribution in [0.1, 0.15) is 56.2 Å². The third kappa shape index (κ3) is 6.44. The molecule has 1 aliphatic carbocycles. The maximum Gasteiger partial charge on any atom is 0.416 e. The van der Waals surface area contributed by atoms with Crippen LogP contribution in [0.5, 0.6) is 0 Å². The number of aliphatic carboxylic acids is 1. The lowest BCUT2D eigenvalue weighted by molar-refractivity contribution is -0.146. The number of Topliss-reactive ketones (excluding diaryl/α,β-unsaturated/α-hetero) is 1. The minimum atomic E-state index is -4.71. The standard InChI is InChI=1S/C27H26ClF3N4O5/c1-26(2,24(38)39)32-23(37)21(16-4-3-5-17(12-16)27(29,30)31)13-20(36)14-34-25(40)35(19-10-11-19)22(33-34)15-6-8-18(28)9-7-15/h3-9,12,19,21H,10-11,13-14H2,1-2H3,(H,32,37)(H,38,39). The van der Waals surface area contributed by atoms with E-state index in [1.54, 1.807) is 24.3 Å². The van der Waals surface area contributed by atoms with Gasteiger partial charge >= 0.3 is 17.8 Å². The lowest BCUT2D eigenvalue weighted by Crippen LogP contribution is -2.51. The molecule has 0 saturated heterocycles. The van der Waals surface area contributed by atoms with E-state index in [0.717, 1.165) is 35.7 Å². The van der Waals surface area contributed by atoms with Gasteiger partial charge in [-0.1, -0.05) is 29.8 Å². The van der Waals surface area contributed by atoms with Crippen LogP contribution in [0.2, 0.25) is 5.02 Å². The Morgan fingerprint density at radius 1 is 1.12 bits per heavy atom. The number of carbonyl (C=O) groups is 3. The minimum Gasteiger partial charge on any atom is -0.480 e. The highest BCUT2D eigenvalue weighted by atomic mass is 35.5. The van der Waals surface area contributed by atoms with Crippen LogP contribution in [-0.4, -0.2) is 42.7 Å². The fourth-order valence-corrected chi connectivity index (χ4v) is 4.31. The number of carboxylic acids is 1. The lowest BCUT2D eigenvalue weighted by Gasteiger charge is -2.25. The van der Waals surface area contributed by atoms with Crippen LogP contribution >= 0.6 is 11.6 Å². The fraction of sp³-hybridized carbons (Fsp3) is 0.370. The molecule has 1 unspecified atom stereocenters. The van der Waals surface area contributed by atoms with Crippen LogP contribution < -0.4 is 11.0 Å². The molecule has 4 rings (SSSR count). The maximum absolute atomic E-state index is 13.4. The van der Waals surface area contributed by atoms with Gasteiger partial charge in [0.15, 0.2) is 11.6 Å². The van der Waals surface area contributed by atoms with Crippen molar-refractivity contribution in [1.29, 1.82) is 0 Å². The molecule has 1 fully saturated rings. The van der Waals surface area contributed by atoms with Crippen molar-refractivity contribution < 1.29 is 32.7 Å². The molecule has 1 aromatic heterocycles. The highest BCUT2D eigenvalue weighted by Crippen LogP contribution is 2.37. The van der Waals surface area contributed by atoms with Crippen LogP contribution in [0, 0.1) is 0 Å². The van der Waals surface area contributed by atoms with Gasteiger partial charge in [0.05, 0.1) is 11.5 Å². The van der Waals surface area contributed by atoms with Gasteiger partial charge in [0.1, 0.15) is 12.1 Å². The highest BCUT2D eigenvalue weighted by molar-refractivity contribution is 6.30. The predicted octanol–water partition coefficient (Wildman–Crippen LogP) is 4.44. The Bertz CT molecular complexity index is 1510. The van der Waals surface area contributed by atoms with Gasteiger partial charge in [-0.2, -0.15) is 13.2 Å². The zero-order chi connectivity index (χ0) is 29.4. The molecule has 0 aliphatic heterocycles. The van der Waals surface area contributed by atoms with Crippen LogP contribution in [0.4, 0.5) is 13.2 Å². The molecule has 2 aromatic carbocycles. The molecule has 0 radical (unpaired) electrons. The number of nitrogens with zero attached hydrogens (tertiary/aromatic N) is 3. The van der Waals surface area contributed by atoms with Gasteiger partial charge in [0.25, 0.3) is 0 Å². The topological polar surface area (TPSA) is 123 Å². The molecule has 1 saturated carbocycles. The number of amides is 1. The van der Waals surface area contributed by atoms with E-state index in [2.05, 4.69) is 10.4 Å². The molecule has 3 aromatic rings. The summed E-state index contributed by atoms with van der Waals surface area (Å²) in [5, 5.41) is 16.5. The first-order chi connectivity index (χ1) is 18.7. The molecule has 0 spiro atoms. The zero-order valence-corrected chi connectivity index (χ0v) is 22.3. The maximum atomic E-state index is 13.4. The molecule has 13 heteroatoms. The van der Waals surface area contributed by atoms with Crippen LogP contribution in [-0.2, 0) is 27.1 Å². The average Bonchev–Trinajstić information content (AvgIpc) is 3.66. The number of nitrogens with one attached hydrogen (secondary N) is 1. The quantitative estimate of drug-likeness (QED) is 0.367. The fourth-order valence-electron chi connectivity index (χ4n) is 4.18. The van der Waals surface area contributed by atoms with Gasteiger partial charge in [0, 0.05) is 23.0 Å². The Hall–Kier alpha value is -3.93. The Kier molecular flexibility index (Phi) is 7.93. The van der Waals surface area contributed by atoms with Gasteiger partial charge in [-0.15, -0.1) is 5.10 Å². The van der Waals surface area contributed by atoms with Crippen molar-refractivity contribution in [1.82, 2.24) is 19.7 Å². The second-order valence-electron chi connectivity index (χ2n) is 10.2. The number of hydrogen-bond acceptors (Lipinski definition) is 5. The van der Waals surface area contributed by atoms with Crippen LogP contribution in [0.3, 0.4) is 0 Å². The summed E-state index contributed by atoms with van der Waals surface area (Å²) in [6.07, 6.45) is -3.78. The van der Waals surface area contributed by atoms with E-state index in [1.165, 1.54) is 24.5 Å². The number of halogens is 4. The number of rotatable bonds is 10. The molecule has 9 nitrogen and oxygen atoms in total. The van der Waals surface area contributed by atoms with Crippen molar-refractivity contribution in [2.24, 2.45) is 0 Å². The summed E-state index contributed by atoms with van der Waals surface area (Å²) in [5.74, 6) is -4.09. The predicted molar refractivity (Wildman–Crippen MR) is 139 cm³/mol. The molecule has 1 amide bonds. The van der Waals surface area contributed by atoms with E-state index in [0.29, 0.717) is 16.4 Å². The third-order valence-corrected chi connectivity index (χ3v) is 6.80. The third-order valence-electron chi connectivity index (χ3n) is 6.55. The summed E-state index contributed by atoms with van der Waals surface area (Å²) in [6.45, 7) is 1.88. The van der Waals surface area contributed by atoms with Crippen molar-refractivity contribution in [3.63, 3.8) is 0 Å². The largest absolute Gasteiger partial charge is 0.480 e. The minimum absolute atomic E-state index is 0.0797. The number of alkyl halides is 3. The average molecular weight is 579 g/mol. The van der Waals surface area contributed by atoms with Gasteiger partial charge in [-0.05, 0) is 62.6 Å². The second-order valence-corrected chi connectivity index (χ2v) is 10.6. The normalized spacial score (nSPS) is 14.6. The molecule has 40 heavy (non-hydrogen) atoms. The first kappa shape index (κ1) is 29.1. The molecule has 0 bridgehead atoms. The summed E-state index contributed by atoms with van der Waals surface area (Å²) in [4.78, 5) is 51.0. The summed E-state index contributed by atoms with van der Waals surface area (Å²) >= 11 is 5.97. The molecule has 1 atom stereocenters. The number of carboxylic acid groups (broad SMARTS) is 1. The number of ketones is 1. The molecule has 1 aliphatic rings. The summed E-state index contributed by atoms with van der Waals surface area (Å²) in [7, 11) is 0. The first-order valence-electron chi connectivity index (χ1n) is 12.4. The van der Waals surface area contributed by atoms with Gasteiger partial charge in [-0.3, -0.25) is 14.2 Å². The lowest BCUT2D eigenvalue weighted by atomic mass is 9.90. The summed E-state index contributed by atoms with van der Waals surface area (Å²) in [5.41, 5.74) is -2.84.